The Labute approximate surface area is 120 Å². The molecule has 2 aromatic heterocycles. The summed E-state index contributed by atoms with van der Waals surface area (Å²) in [5.41, 5.74) is 1.99. The molecule has 0 amide bonds. The molecule has 1 aliphatic carbocycles. The van der Waals surface area contributed by atoms with E-state index in [0.717, 1.165) is 11.2 Å². The van der Waals surface area contributed by atoms with E-state index < -0.39 is 5.97 Å². The fourth-order valence-corrected chi connectivity index (χ4v) is 2.70. The molecule has 6 heteroatoms. The summed E-state index contributed by atoms with van der Waals surface area (Å²) in [6.07, 6.45) is 6.04. The van der Waals surface area contributed by atoms with Gasteiger partial charge in [0.2, 0.25) is 0 Å². The second kappa shape index (κ2) is 4.44. The number of fused-ring (bicyclic) bond motifs is 1. The molecular formula is C15H14N4O2. The highest BCUT2D eigenvalue weighted by molar-refractivity contribution is 6.01. The van der Waals surface area contributed by atoms with Gasteiger partial charge in [0.15, 0.2) is 5.69 Å². The second-order valence-corrected chi connectivity index (χ2v) is 5.35. The van der Waals surface area contributed by atoms with Crippen LogP contribution in [0.5, 0.6) is 0 Å². The Bertz CT molecular complexity index is 829. The van der Waals surface area contributed by atoms with E-state index in [4.69, 9.17) is 0 Å². The van der Waals surface area contributed by atoms with Gasteiger partial charge in [0.1, 0.15) is 0 Å². The molecule has 0 radical (unpaired) electrons. The van der Waals surface area contributed by atoms with Crippen molar-refractivity contribution in [2.24, 2.45) is 0 Å². The SMILES string of the molecule is O=C(O)c1nn(Cc2cncn2C2CC2)c2ccccc12. The zero-order valence-corrected chi connectivity index (χ0v) is 11.3. The van der Waals surface area contributed by atoms with Crippen LogP contribution in [0.2, 0.25) is 0 Å². The first-order valence-corrected chi connectivity index (χ1v) is 6.93. The molecule has 0 atom stereocenters. The van der Waals surface area contributed by atoms with E-state index in [1.165, 1.54) is 12.8 Å². The van der Waals surface area contributed by atoms with Crippen LogP contribution in [0.1, 0.15) is 35.1 Å². The minimum Gasteiger partial charge on any atom is -0.476 e. The Balaban J connectivity index is 1.79. The Morgan fingerprint density at radius 3 is 2.90 bits per heavy atom. The summed E-state index contributed by atoms with van der Waals surface area (Å²) in [7, 11) is 0. The summed E-state index contributed by atoms with van der Waals surface area (Å²) >= 11 is 0. The van der Waals surface area contributed by atoms with Crippen molar-refractivity contribution in [1.29, 1.82) is 0 Å². The molecule has 1 aliphatic rings. The molecule has 2 heterocycles. The molecule has 6 nitrogen and oxygen atoms in total. The summed E-state index contributed by atoms with van der Waals surface area (Å²) < 4.78 is 3.91. The molecule has 0 aliphatic heterocycles. The van der Waals surface area contributed by atoms with Gasteiger partial charge >= 0.3 is 5.97 Å². The predicted molar refractivity (Wildman–Crippen MR) is 76.3 cm³/mol. The highest BCUT2D eigenvalue weighted by Gasteiger charge is 2.25. The zero-order valence-electron chi connectivity index (χ0n) is 11.3. The van der Waals surface area contributed by atoms with Crippen LogP contribution < -0.4 is 0 Å². The van der Waals surface area contributed by atoms with E-state index in [0.29, 0.717) is 18.0 Å². The molecule has 1 aromatic carbocycles. The van der Waals surface area contributed by atoms with Gasteiger partial charge < -0.3 is 9.67 Å². The number of aromatic nitrogens is 4. The van der Waals surface area contributed by atoms with Crippen LogP contribution in [0.4, 0.5) is 0 Å². The van der Waals surface area contributed by atoms with Crippen LogP contribution in [0.3, 0.4) is 0 Å². The summed E-state index contributed by atoms with van der Waals surface area (Å²) in [6, 6.07) is 7.95. The quantitative estimate of drug-likeness (QED) is 0.797. The van der Waals surface area contributed by atoms with E-state index >= 15 is 0 Å². The van der Waals surface area contributed by atoms with Crippen molar-refractivity contribution in [3.05, 3.63) is 48.2 Å². The molecule has 1 fully saturated rings. The number of carboxylic acid groups (broad SMARTS) is 1. The van der Waals surface area contributed by atoms with Crippen molar-refractivity contribution < 1.29 is 9.90 Å². The number of nitrogens with zero attached hydrogens (tertiary/aromatic N) is 4. The van der Waals surface area contributed by atoms with Gasteiger partial charge in [-0.15, -0.1) is 0 Å². The maximum Gasteiger partial charge on any atom is 0.357 e. The smallest absolute Gasteiger partial charge is 0.357 e. The molecule has 0 unspecified atom stereocenters. The number of benzene rings is 1. The van der Waals surface area contributed by atoms with E-state index in [1.807, 2.05) is 30.7 Å². The van der Waals surface area contributed by atoms with E-state index in [-0.39, 0.29) is 5.69 Å². The fraction of sp³-hybridized carbons (Fsp3) is 0.267. The van der Waals surface area contributed by atoms with Crippen molar-refractivity contribution in [2.75, 3.05) is 0 Å². The molecule has 0 saturated heterocycles. The molecule has 0 bridgehead atoms. The molecule has 1 N–H and O–H groups in total. The molecule has 0 spiro atoms. The first kappa shape index (κ1) is 12.1. The summed E-state index contributed by atoms with van der Waals surface area (Å²) in [4.78, 5) is 15.5. The molecule has 1 saturated carbocycles. The Morgan fingerprint density at radius 2 is 2.14 bits per heavy atom. The van der Waals surface area contributed by atoms with Crippen LogP contribution in [0, 0.1) is 0 Å². The van der Waals surface area contributed by atoms with Crippen LogP contribution in [0.25, 0.3) is 10.9 Å². The maximum absolute atomic E-state index is 11.3. The summed E-state index contributed by atoms with van der Waals surface area (Å²) in [5.74, 6) is -0.999. The minimum absolute atomic E-state index is 0.100. The highest BCUT2D eigenvalue weighted by Crippen LogP contribution is 2.35. The number of para-hydroxylation sites is 1. The van der Waals surface area contributed by atoms with Gasteiger partial charge in [-0.2, -0.15) is 5.10 Å². The average Bonchev–Trinajstić information content (AvgIpc) is 3.11. The van der Waals surface area contributed by atoms with Crippen molar-refractivity contribution in [3.63, 3.8) is 0 Å². The maximum atomic E-state index is 11.3. The lowest BCUT2D eigenvalue weighted by Gasteiger charge is -2.07. The molecular weight excluding hydrogens is 268 g/mol. The summed E-state index contributed by atoms with van der Waals surface area (Å²) in [6.45, 7) is 0.532. The number of hydrogen-bond acceptors (Lipinski definition) is 3. The minimum atomic E-state index is -0.999. The van der Waals surface area contributed by atoms with Crippen molar-refractivity contribution >= 4 is 16.9 Å². The van der Waals surface area contributed by atoms with Gasteiger partial charge in [0.25, 0.3) is 0 Å². The third-order valence-corrected chi connectivity index (χ3v) is 3.86. The topological polar surface area (TPSA) is 72.9 Å². The first-order valence-electron chi connectivity index (χ1n) is 6.93. The van der Waals surface area contributed by atoms with Crippen LogP contribution in [0.15, 0.2) is 36.8 Å². The van der Waals surface area contributed by atoms with E-state index in [9.17, 15) is 9.90 Å². The predicted octanol–water partition coefficient (Wildman–Crippen LogP) is 2.31. The number of imidazole rings is 1. The Morgan fingerprint density at radius 1 is 1.33 bits per heavy atom. The number of aromatic carboxylic acids is 1. The van der Waals surface area contributed by atoms with Gasteiger partial charge in [-0.05, 0) is 18.9 Å². The average molecular weight is 282 g/mol. The van der Waals surface area contributed by atoms with Gasteiger partial charge in [0, 0.05) is 11.4 Å². The monoisotopic (exact) mass is 282 g/mol. The second-order valence-electron chi connectivity index (χ2n) is 5.35. The Hall–Kier alpha value is -2.63. The lowest BCUT2D eigenvalue weighted by molar-refractivity contribution is 0.0691. The Kier molecular flexibility index (Phi) is 2.57. The van der Waals surface area contributed by atoms with Crippen LogP contribution in [-0.2, 0) is 6.54 Å². The first-order chi connectivity index (χ1) is 10.2. The van der Waals surface area contributed by atoms with Crippen LogP contribution in [-0.4, -0.2) is 30.4 Å². The van der Waals surface area contributed by atoms with Gasteiger partial charge in [-0.25, -0.2) is 9.78 Å². The molecule has 4 rings (SSSR count). The number of hydrogen-bond donors (Lipinski definition) is 1. The standard InChI is InChI=1S/C15H14N4O2/c20-15(21)14-12-3-1-2-4-13(12)19(17-14)8-11-7-16-9-18(11)10-5-6-10/h1-4,7,9-10H,5-6,8H2,(H,20,21). The van der Waals surface area contributed by atoms with Crippen molar-refractivity contribution in [2.45, 2.75) is 25.4 Å². The van der Waals surface area contributed by atoms with Gasteiger partial charge in [-0.3, -0.25) is 4.68 Å². The highest BCUT2D eigenvalue weighted by atomic mass is 16.4. The largest absolute Gasteiger partial charge is 0.476 e. The van der Waals surface area contributed by atoms with Crippen molar-refractivity contribution in [3.8, 4) is 0 Å². The van der Waals surface area contributed by atoms with Crippen molar-refractivity contribution in [1.82, 2.24) is 19.3 Å². The zero-order chi connectivity index (χ0) is 14.4. The lowest BCUT2D eigenvalue weighted by atomic mass is 10.2. The third-order valence-electron chi connectivity index (χ3n) is 3.86. The number of carboxylic acids is 1. The number of rotatable bonds is 4. The van der Waals surface area contributed by atoms with Gasteiger partial charge in [-0.1, -0.05) is 18.2 Å². The van der Waals surface area contributed by atoms with E-state index in [1.54, 1.807) is 10.7 Å². The normalized spacial score (nSPS) is 14.7. The summed E-state index contributed by atoms with van der Waals surface area (Å²) in [5, 5.41) is 14.2. The molecule has 106 valence electrons. The third kappa shape index (κ3) is 1.99. The number of carbonyl (C=O) groups is 1. The fourth-order valence-electron chi connectivity index (χ4n) is 2.70. The lowest BCUT2D eigenvalue weighted by Crippen LogP contribution is -2.08. The van der Waals surface area contributed by atoms with Crippen LogP contribution >= 0.6 is 0 Å². The molecule has 21 heavy (non-hydrogen) atoms. The van der Waals surface area contributed by atoms with Gasteiger partial charge in [0.05, 0.1) is 30.3 Å². The van der Waals surface area contributed by atoms with E-state index in [2.05, 4.69) is 14.6 Å². The molecule has 3 aromatic rings.